The second-order valence-electron chi connectivity index (χ2n) is 10.5. The Bertz CT molecular complexity index is 1180. The van der Waals surface area contributed by atoms with Gasteiger partial charge in [-0.2, -0.15) is 0 Å². The Balaban J connectivity index is 1.11. The SMILES string of the molecule is COc1c(C2COC3(CCC(n4cccc(OC)c4=O)CC3)O2)ccnc1OC1CCC2(CC1)OCCO2. The third kappa shape index (κ3) is 4.79. The topological polar surface area (TPSA) is 99.5 Å². The van der Waals surface area contributed by atoms with Gasteiger partial charge in [0.05, 0.1) is 34.0 Å². The molecule has 10 nitrogen and oxygen atoms in total. The number of pyridine rings is 2. The molecule has 2 aliphatic heterocycles. The van der Waals surface area contributed by atoms with E-state index in [0.717, 1.165) is 44.1 Å². The van der Waals surface area contributed by atoms with E-state index in [0.29, 0.717) is 50.0 Å². The molecule has 2 aromatic heterocycles. The number of hydrogen-bond donors (Lipinski definition) is 0. The van der Waals surface area contributed by atoms with Gasteiger partial charge in [0.2, 0.25) is 0 Å². The molecule has 2 saturated carbocycles. The number of methoxy groups -OCH3 is 2. The lowest BCUT2D eigenvalue weighted by Gasteiger charge is -2.36. The molecule has 0 N–H and O–H groups in total. The maximum atomic E-state index is 12.7. The Morgan fingerprint density at radius 1 is 0.947 bits per heavy atom. The molecular weight excluding hydrogens is 492 g/mol. The Kier molecular flexibility index (Phi) is 7.07. The molecule has 4 aliphatic rings. The van der Waals surface area contributed by atoms with Gasteiger partial charge in [0.15, 0.2) is 23.1 Å². The van der Waals surface area contributed by atoms with Crippen molar-refractivity contribution in [2.75, 3.05) is 34.0 Å². The van der Waals surface area contributed by atoms with Crippen molar-refractivity contribution in [1.82, 2.24) is 9.55 Å². The highest BCUT2D eigenvalue weighted by Crippen LogP contribution is 2.48. The van der Waals surface area contributed by atoms with Crippen LogP contribution in [0, 0.1) is 0 Å². The third-order valence-electron chi connectivity index (χ3n) is 8.36. The Morgan fingerprint density at radius 2 is 1.68 bits per heavy atom. The summed E-state index contributed by atoms with van der Waals surface area (Å²) in [4.78, 5) is 17.2. The van der Waals surface area contributed by atoms with Crippen molar-refractivity contribution in [3.05, 3.63) is 46.5 Å². The summed E-state index contributed by atoms with van der Waals surface area (Å²) in [6.07, 6.45) is 9.53. The molecule has 4 heterocycles. The molecule has 2 aromatic rings. The Labute approximate surface area is 222 Å². The number of rotatable bonds is 6. The molecule has 0 radical (unpaired) electrons. The van der Waals surface area contributed by atoms with Gasteiger partial charge in [-0.3, -0.25) is 4.79 Å². The second kappa shape index (κ2) is 10.5. The molecule has 1 unspecified atom stereocenters. The van der Waals surface area contributed by atoms with E-state index < -0.39 is 11.6 Å². The van der Waals surface area contributed by atoms with Crippen LogP contribution in [0.1, 0.15) is 69.1 Å². The van der Waals surface area contributed by atoms with Gasteiger partial charge in [0, 0.05) is 49.7 Å². The van der Waals surface area contributed by atoms with E-state index in [9.17, 15) is 4.79 Å². The van der Waals surface area contributed by atoms with Crippen molar-refractivity contribution in [2.45, 2.75) is 81.2 Å². The highest BCUT2D eigenvalue weighted by atomic mass is 16.7. The number of ether oxygens (including phenoxy) is 7. The van der Waals surface area contributed by atoms with E-state index in [2.05, 4.69) is 4.98 Å². The van der Waals surface area contributed by atoms with Gasteiger partial charge in [-0.1, -0.05) is 0 Å². The van der Waals surface area contributed by atoms with Crippen molar-refractivity contribution >= 4 is 0 Å². The maximum absolute atomic E-state index is 12.7. The van der Waals surface area contributed by atoms with Gasteiger partial charge < -0.3 is 37.7 Å². The van der Waals surface area contributed by atoms with E-state index in [4.69, 9.17) is 33.2 Å². The molecule has 206 valence electrons. The number of aromatic nitrogens is 2. The molecule has 0 amide bonds. The summed E-state index contributed by atoms with van der Waals surface area (Å²) in [7, 11) is 3.15. The molecule has 4 fully saturated rings. The van der Waals surface area contributed by atoms with Crippen LogP contribution in [-0.2, 0) is 18.9 Å². The summed E-state index contributed by atoms with van der Waals surface area (Å²) in [5.74, 6) is 0.324. The summed E-state index contributed by atoms with van der Waals surface area (Å²) >= 11 is 0. The fraction of sp³-hybridized carbons (Fsp3) is 0.643. The maximum Gasteiger partial charge on any atom is 0.293 e. The van der Waals surface area contributed by atoms with E-state index in [-0.39, 0.29) is 23.8 Å². The Morgan fingerprint density at radius 3 is 2.39 bits per heavy atom. The monoisotopic (exact) mass is 528 g/mol. The first-order valence-corrected chi connectivity index (χ1v) is 13.6. The van der Waals surface area contributed by atoms with Crippen LogP contribution >= 0.6 is 0 Å². The minimum Gasteiger partial charge on any atom is -0.491 e. The zero-order chi connectivity index (χ0) is 26.2. The first-order valence-electron chi connectivity index (χ1n) is 13.6. The summed E-state index contributed by atoms with van der Waals surface area (Å²) in [6, 6.07) is 5.54. The normalized spacial score (nSPS) is 25.2. The lowest BCUT2D eigenvalue weighted by molar-refractivity contribution is -0.192. The summed E-state index contributed by atoms with van der Waals surface area (Å²) in [5.41, 5.74) is 0.766. The van der Waals surface area contributed by atoms with Crippen molar-refractivity contribution in [3.63, 3.8) is 0 Å². The van der Waals surface area contributed by atoms with E-state index in [1.807, 2.05) is 18.3 Å². The zero-order valence-corrected chi connectivity index (χ0v) is 22.1. The van der Waals surface area contributed by atoms with Gasteiger partial charge in [-0.05, 0) is 43.9 Å². The quantitative estimate of drug-likeness (QED) is 0.552. The first-order chi connectivity index (χ1) is 18.5. The van der Waals surface area contributed by atoms with Gasteiger partial charge in [0.25, 0.3) is 11.4 Å². The standard InChI is InChI=1S/C28H36N2O8/c1-32-22-4-3-15-30(26(22)31)19-5-10-28(11-6-19)36-18-23(38-28)21-9-14-29-25(24(21)33-2)37-20-7-12-27(13-8-20)34-16-17-35-27/h3-4,9,14-15,19-20,23H,5-8,10-13,16-18H2,1-2H3. The van der Waals surface area contributed by atoms with Crippen LogP contribution in [-0.4, -0.2) is 61.3 Å². The van der Waals surface area contributed by atoms with Gasteiger partial charge in [-0.25, -0.2) is 4.98 Å². The van der Waals surface area contributed by atoms with Gasteiger partial charge in [-0.15, -0.1) is 0 Å². The lowest BCUT2D eigenvalue weighted by atomic mass is 9.89. The van der Waals surface area contributed by atoms with Crippen LogP contribution in [0.3, 0.4) is 0 Å². The van der Waals surface area contributed by atoms with E-state index in [1.54, 1.807) is 23.9 Å². The van der Waals surface area contributed by atoms with Crippen molar-refractivity contribution in [1.29, 1.82) is 0 Å². The average molecular weight is 529 g/mol. The van der Waals surface area contributed by atoms with Crippen molar-refractivity contribution in [2.24, 2.45) is 0 Å². The molecule has 0 aromatic carbocycles. The van der Waals surface area contributed by atoms with Crippen molar-refractivity contribution in [3.8, 4) is 17.4 Å². The number of nitrogens with zero attached hydrogens (tertiary/aromatic N) is 2. The molecular formula is C28H36N2O8. The molecule has 38 heavy (non-hydrogen) atoms. The lowest BCUT2D eigenvalue weighted by Crippen LogP contribution is -2.38. The highest BCUT2D eigenvalue weighted by Gasteiger charge is 2.46. The minimum absolute atomic E-state index is 0.0208. The van der Waals surface area contributed by atoms with E-state index in [1.165, 1.54) is 7.11 Å². The second-order valence-corrected chi connectivity index (χ2v) is 10.5. The smallest absolute Gasteiger partial charge is 0.293 e. The average Bonchev–Trinajstić information content (AvgIpc) is 3.58. The van der Waals surface area contributed by atoms with Crippen LogP contribution in [0.2, 0.25) is 0 Å². The largest absolute Gasteiger partial charge is 0.491 e. The number of hydrogen-bond acceptors (Lipinski definition) is 9. The molecule has 0 bridgehead atoms. The van der Waals surface area contributed by atoms with Crippen LogP contribution in [0.15, 0.2) is 35.4 Å². The highest BCUT2D eigenvalue weighted by molar-refractivity contribution is 5.43. The first kappa shape index (κ1) is 25.6. The zero-order valence-electron chi connectivity index (χ0n) is 22.1. The summed E-state index contributed by atoms with van der Waals surface area (Å²) < 4.78 is 43.6. The third-order valence-corrected chi connectivity index (χ3v) is 8.36. The van der Waals surface area contributed by atoms with Crippen molar-refractivity contribution < 1.29 is 33.2 Å². The molecule has 6 rings (SSSR count). The van der Waals surface area contributed by atoms with Crippen LogP contribution in [0.4, 0.5) is 0 Å². The van der Waals surface area contributed by atoms with Crippen LogP contribution in [0.25, 0.3) is 0 Å². The molecule has 2 spiro atoms. The molecule has 2 aliphatic carbocycles. The molecule has 2 saturated heterocycles. The predicted molar refractivity (Wildman–Crippen MR) is 136 cm³/mol. The van der Waals surface area contributed by atoms with Crippen LogP contribution < -0.4 is 19.8 Å². The summed E-state index contributed by atoms with van der Waals surface area (Å²) in [6.45, 7) is 1.74. The molecule has 10 heteroatoms. The van der Waals surface area contributed by atoms with Gasteiger partial charge in [0.1, 0.15) is 12.2 Å². The predicted octanol–water partition coefficient (Wildman–Crippen LogP) is 3.92. The Hall–Kier alpha value is -2.66. The van der Waals surface area contributed by atoms with Gasteiger partial charge >= 0.3 is 0 Å². The minimum atomic E-state index is -0.669. The molecule has 1 atom stereocenters. The van der Waals surface area contributed by atoms with E-state index >= 15 is 0 Å². The summed E-state index contributed by atoms with van der Waals surface area (Å²) in [5, 5.41) is 0. The van der Waals surface area contributed by atoms with Crippen LogP contribution in [0.5, 0.6) is 17.4 Å². The fourth-order valence-electron chi connectivity index (χ4n) is 6.30. The fourth-order valence-corrected chi connectivity index (χ4v) is 6.30.